The van der Waals surface area contributed by atoms with Crippen molar-refractivity contribution in [2.24, 2.45) is 7.05 Å². The van der Waals surface area contributed by atoms with Gasteiger partial charge in [0, 0.05) is 12.1 Å². The van der Waals surface area contributed by atoms with Crippen molar-refractivity contribution < 1.29 is 4.42 Å². The highest BCUT2D eigenvalue weighted by Gasteiger charge is 2.10. The molecule has 0 fully saturated rings. The van der Waals surface area contributed by atoms with Gasteiger partial charge in [-0.15, -0.1) is 0 Å². The molecule has 2 aromatic rings. The predicted octanol–water partition coefficient (Wildman–Crippen LogP) is 2.44. The van der Waals surface area contributed by atoms with E-state index in [0.717, 1.165) is 0 Å². The Morgan fingerprint density at radius 3 is 2.77 bits per heavy atom. The van der Waals surface area contributed by atoms with Crippen molar-refractivity contribution in [1.82, 2.24) is 4.57 Å². The average molecular weight is 218 g/mol. The fraction of sp³-hybridized carbons (Fsp3) is 0.125. The van der Waals surface area contributed by atoms with Crippen LogP contribution in [0.4, 0.5) is 0 Å². The van der Waals surface area contributed by atoms with Gasteiger partial charge >= 0.3 is 5.76 Å². The van der Waals surface area contributed by atoms with E-state index < -0.39 is 5.76 Å². The highest BCUT2D eigenvalue weighted by molar-refractivity contribution is 6.37. The van der Waals surface area contributed by atoms with Crippen LogP contribution in [-0.2, 0) is 7.05 Å². The smallest absolute Gasteiger partial charge is 0.406 e. The maximum atomic E-state index is 11.1. The van der Waals surface area contributed by atoms with Crippen molar-refractivity contribution in [1.29, 1.82) is 0 Å². The van der Waals surface area contributed by atoms with E-state index in [1.54, 1.807) is 13.1 Å². The number of nitrogens with zero attached hydrogens (tertiary/aromatic N) is 1. The second-order valence-electron chi connectivity index (χ2n) is 2.66. The molecule has 0 radical (unpaired) electrons. The van der Waals surface area contributed by atoms with Crippen LogP contribution in [0.1, 0.15) is 0 Å². The van der Waals surface area contributed by atoms with E-state index in [1.807, 2.05) is 0 Å². The highest BCUT2D eigenvalue weighted by Crippen LogP contribution is 2.26. The number of aryl methyl sites for hydroxylation is 1. The molecule has 0 atom stereocenters. The molecule has 0 spiro atoms. The van der Waals surface area contributed by atoms with Crippen LogP contribution in [0.15, 0.2) is 21.3 Å². The number of rotatable bonds is 0. The van der Waals surface area contributed by atoms with Crippen LogP contribution >= 0.6 is 23.2 Å². The lowest BCUT2D eigenvalue weighted by atomic mass is 10.3. The van der Waals surface area contributed by atoms with Gasteiger partial charge in [0.15, 0.2) is 5.58 Å². The van der Waals surface area contributed by atoms with Crippen LogP contribution < -0.4 is 5.76 Å². The SMILES string of the molecule is Cn1c(=O)oc2c(Cl)cc(Cl)cc21. The molecule has 1 heterocycles. The second kappa shape index (κ2) is 2.79. The minimum absolute atomic E-state index is 0.347. The lowest BCUT2D eigenvalue weighted by Crippen LogP contribution is -2.08. The number of halogens is 2. The van der Waals surface area contributed by atoms with Crippen LogP contribution in [0.5, 0.6) is 0 Å². The molecule has 1 aromatic heterocycles. The first-order valence-corrected chi connectivity index (χ1v) is 4.30. The maximum absolute atomic E-state index is 11.1. The third-order valence-corrected chi connectivity index (χ3v) is 2.31. The van der Waals surface area contributed by atoms with E-state index in [0.29, 0.717) is 21.1 Å². The van der Waals surface area contributed by atoms with E-state index in [9.17, 15) is 4.79 Å². The van der Waals surface area contributed by atoms with Gasteiger partial charge in [-0.1, -0.05) is 23.2 Å². The zero-order valence-corrected chi connectivity index (χ0v) is 8.19. The van der Waals surface area contributed by atoms with Gasteiger partial charge in [0.05, 0.1) is 10.5 Å². The lowest BCUT2D eigenvalue weighted by molar-refractivity contribution is 0.528. The number of aromatic nitrogens is 1. The Morgan fingerprint density at radius 2 is 2.08 bits per heavy atom. The summed E-state index contributed by atoms with van der Waals surface area (Å²) >= 11 is 11.6. The van der Waals surface area contributed by atoms with Gasteiger partial charge in [0.2, 0.25) is 0 Å². The summed E-state index contributed by atoms with van der Waals surface area (Å²) in [5, 5.41) is 0.828. The van der Waals surface area contributed by atoms with Crippen molar-refractivity contribution in [3.63, 3.8) is 0 Å². The summed E-state index contributed by atoms with van der Waals surface area (Å²) in [5.41, 5.74) is 0.973. The third-order valence-electron chi connectivity index (χ3n) is 1.81. The van der Waals surface area contributed by atoms with Crippen LogP contribution in [0.25, 0.3) is 11.1 Å². The molecule has 0 N–H and O–H groups in total. The Balaban J connectivity index is 3.03. The zero-order valence-electron chi connectivity index (χ0n) is 6.67. The van der Waals surface area contributed by atoms with E-state index in [2.05, 4.69) is 0 Å². The largest absolute Gasteiger partial charge is 0.419 e. The van der Waals surface area contributed by atoms with E-state index in [-0.39, 0.29) is 0 Å². The van der Waals surface area contributed by atoms with Crippen molar-refractivity contribution in [2.45, 2.75) is 0 Å². The topological polar surface area (TPSA) is 35.1 Å². The molecule has 68 valence electrons. The van der Waals surface area contributed by atoms with Crippen molar-refractivity contribution in [3.05, 3.63) is 32.7 Å². The quantitative estimate of drug-likeness (QED) is 0.680. The van der Waals surface area contributed by atoms with Crippen LogP contribution in [-0.4, -0.2) is 4.57 Å². The molecule has 2 rings (SSSR count). The molecule has 13 heavy (non-hydrogen) atoms. The minimum Gasteiger partial charge on any atom is -0.406 e. The van der Waals surface area contributed by atoms with Crippen molar-refractivity contribution in [3.8, 4) is 0 Å². The molecule has 3 nitrogen and oxygen atoms in total. The number of benzene rings is 1. The number of fused-ring (bicyclic) bond motifs is 1. The minimum atomic E-state index is -0.445. The fourth-order valence-electron chi connectivity index (χ4n) is 1.15. The van der Waals surface area contributed by atoms with E-state index in [1.165, 1.54) is 10.6 Å². The van der Waals surface area contributed by atoms with Crippen molar-refractivity contribution in [2.75, 3.05) is 0 Å². The molecule has 0 aliphatic rings. The van der Waals surface area contributed by atoms with Gasteiger partial charge in [0.25, 0.3) is 0 Å². The highest BCUT2D eigenvalue weighted by atomic mass is 35.5. The number of hydrogen-bond donors (Lipinski definition) is 0. The first kappa shape index (κ1) is 8.66. The molecule has 0 aliphatic carbocycles. The van der Waals surface area contributed by atoms with Gasteiger partial charge in [-0.25, -0.2) is 4.79 Å². The Bertz CT molecular complexity index is 527. The Labute approximate surface area is 83.5 Å². The van der Waals surface area contributed by atoms with Gasteiger partial charge in [-0.05, 0) is 12.1 Å². The average Bonchev–Trinajstić information content (AvgIpc) is 2.32. The molecule has 0 amide bonds. The molecule has 0 bridgehead atoms. The molecule has 1 aromatic carbocycles. The molecule has 0 aliphatic heterocycles. The summed E-state index contributed by atoms with van der Waals surface area (Å²) in [4.78, 5) is 11.1. The molecule has 0 saturated heterocycles. The van der Waals surface area contributed by atoms with Crippen LogP contribution in [0.2, 0.25) is 10.0 Å². The molecule has 0 unspecified atom stereocenters. The Kier molecular flexibility index (Phi) is 1.86. The number of oxazole rings is 1. The normalized spacial score (nSPS) is 11.0. The number of hydrogen-bond acceptors (Lipinski definition) is 2. The standard InChI is InChI=1S/C8H5Cl2NO2/c1-11-6-3-4(9)2-5(10)7(6)13-8(11)12/h2-3H,1H3. The molecular weight excluding hydrogens is 213 g/mol. The predicted molar refractivity (Wildman–Crippen MR) is 51.5 cm³/mol. The van der Waals surface area contributed by atoms with Gasteiger partial charge in [0.1, 0.15) is 0 Å². The molecule has 5 heteroatoms. The fourth-order valence-corrected chi connectivity index (χ4v) is 1.67. The van der Waals surface area contributed by atoms with E-state index >= 15 is 0 Å². The first-order valence-electron chi connectivity index (χ1n) is 3.54. The molecular formula is C8H5Cl2NO2. The summed E-state index contributed by atoms with van der Waals surface area (Å²) in [6.45, 7) is 0. The van der Waals surface area contributed by atoms with Gasteiger partial charge in [-0.3, -0.25) is 4.57 Å². The van der Waals surface area contributed by atoms with E-state index in [4.69, 9.17) is 27.6 Å². The van der Waals surface area contributed by atoms with Gasteiger partial charge < -0.3 is 4.42 Å². The summed E-state index contributed by atoms with van der Waals surface area (Å²) in [7, 11) is 1.60. The van der Waals surface area contributed by atoms with Crippen LogP contribution in [0.3, 0.4) is 0 Å². The van der Waals surface area contributed by atoms with Crippen LogP contribution in [0, 0.1) is 0 Å². The third kappa shape index (κ3) is 1.24. The lowest BCUT2D eigenvalue weighted by Gasteiger charge is -1.94. The Hall–Kier alpha value is -0.930. The van der Waals surface area contributed by atoms with Crippen molar-refractivity contribution >= 4 is 34.3 Å². The zero-order chi connectivity index (χ0) is 9.59. The maximum Gasteiger partial charge on any atom is 0.419 e. The molecule has 0 saturated carbocycles. The Morgan fingerprint density at radius 1 is 1.38 bits per heavy atom. The second-order valence-corrected chi connectivity index (χ2v) is 3.51. The summed E-state index contributed by atoms with van der Waals surface area (Å²) in [6, 6.07) is 3.17. The monoisotopic (exact) mass is 217 g/mol. The van der Waals surface area contributed by atoms with Gasteiger partial charge in [-0.2, -0.15) is 0 Å². The summed E-state index contributed by atoms with van der Waals surface area (Å²) < 4.78 is 6.26. The summed E-state index contributed by atoms with van der Waals surface area (Å²) in [6.07, 6.45) is 0. The summed E-state index contributed by atoms with van der Waals surface area (Å²) in [5.74, 6) is -0.445. The first-order chi connectivity index (χ1) is 6.09.